The summed E-state index contributed by atoms with van der Waals surface area (Å²) in [6.45, 7) is 3.85. The minimum atomic E-state index is -0.625. The zero-order valence-electron chi connectivity index (χ0n) is 17.9. The van der Waals surface area contributed by atoms with E-state index in [9.17, 15) is 9.59 Å². The first kappa shape index (κ1) is 21.2. The molecule has 1 atom stereocenters. The van der Waals surface area contributed by atoms with Crippen LogP contribution >= 0.6 is 0 Å². The summed E-state index contributed by atoms with van der Waals surface area (Å²) < 4.78 is 11.4. The topological polar surface area (TPSA) is 76.7 Å². The van der Waals surface area contributed by atoms with Crippen molar-refractivity contribution in [1.29, 1.82) is 0 Å². The molecule has 2 N–H and O–H groups in total. The lowest BCUT2D eigenvalue weighted by molar-refractivity contribution is -0.140. The van der Waals surface area contributed by atoms with E-state index in [2.05, 4.69) is 10.6 Å². The Balaban J connectivity index is 1.52. The Morgan fingerprint density at radius 2 is 1.66 bits per heavy atom. The van der Waals surface area contributed by atoms with E-state index in [1.165, 1.54) is 0 Å². The smallest absolute Gasteiger partial charge is 0.338 e. The van der Waals surface area contributed by atoms with E-state index in [-0.39, 0.29) is 12.6 Å². The highest BCUT2D eigenvalue weighted by atomic mass is 16.5. The van der Waals surface area contributed by atoms with Gasteiger partial charge in [-0.2, -0.15) is 0 Å². The minimum Gasteiger partial charge on any atom is -0.457 e. The second-order valence-corrected chi connectivity index (χ2v) is 7.62. The third kappa shape index (κ3) is 4.98. The van der Waals surface area contributed by atoms with E-state index >= 15 is 0 Å². The zero-order valence-corrected chi connectivity index (χ0v) is 17.9. The summed E-state index contributed by atoms with van der Waals surface area (Å²) in [6.07, 6.45) is 0. The highest BCUT2D eigenvalue weighted by Gasteiger charge is 2.32. The maximum absolute atomic E-state index is 12.9. The van der Waals surface area contributed by atoms with Gasteiger partial charge in [-0.05, 0) is 54.8 Å². The number of urea groups is 1. The van der Waals surface area contributed by atoms with Crippen molar-refractivity contribution in [1.82, 2.24) is 10.6 Å². The Morgan fingerprint density at radius 3 is 2.38 bits per heavy atom. The maximum Gasteiger partial charge on any atom is 0.338 e. The van der Waals surface area contributed by atoms with Gasteiger partial charge in [0.2, 0.25) is 0 Å². The number of allylic oxidation sites excluding steroid dienone is 1. The molecular weight excluding hydrogens is 404 g/mol. The van der Waals surface area contributed by atoms with Crippen molar-refractivity contribution in [2.75, 3.05) is 0 Å². The number of nitrogens with one attached hydrogen (secondary N) is 2. The van der Waals surface area contributed by atoms with Gasteiger partial charge in [-0.1, -0.05) is 54.6 Å². The molecule has 162 valence electrons. The van der Waals surface area contributed by atoms with E-state index in [1.807, 2.05) is 85.8 Å². The highest BCUT2D eigenvalue weighted by molar-refractivity contribution is 5.95. The predicted octanol–water partition coefficient (Wildman–Crippen LogP) is 5.16. The summed E-state index contributed by atoms with van der Waals surface area (Å²) in [5.74, 6) is 0.922. The van der Waals surface area contributed by atoms with Crippen LogP contribution in [0.25, 0.3) is 0 Å². The van der Waals surface area contributed by atoms with Gasteiger partial charge >= 0.3 is 12.0 Å². The summed E-state index contributed by atoms with van der Waals surface area (Å²) in [5.41, 5.74) is 3.59. The number of amides is 2. The molecule has 0 fully saturated rings. The molecule has 1 unspecified atom stereocenters. The van der Waals surface area contributed by atoms with Crippen molar-refractivity contribution in [3.05, 3.63) is 107 Å². The monoisotopic (exact) mass is 428 g/mol. The number of aryl methyl sites for hydroxylation is 1. The molecule has 0 bridgehead atoms. The van der Waals surface area contributed by atoms with Crippen molar-refractivity contribution < 1.29 is 19.1 Å². The Labute approximate surface area is 186 Å². The number of benzene rings is 3. The lowest BCUT2D eigenvalue weighted by Crippen LogP contribution is -2.45. The van der Waals surface area contributed by atoms with Crippen LogP contribution in [-0.2, 0) is 16.1 Å². The van der Waals surface area contributed by atoms with Crippen LogP contribution < -0.4 is 15.4 Å². The first-order chi connectivity index (χ1) is 15.5. The summed E-state index contributed by atoms with van der Waals surface area (Å²) >= 11 is 0. The molecule has 0 saturated heterocycles. The SMILES string of the molecule is CC1=C(C(=O)OCc2ccccc2)C(c2ccc(Oc3cccc(C)c3)cc2)NC(=O)N1. The number of carbonyl (C=O) groups is 2. The molecule has 0 aliphatic carbocycles. The van der Waals surface area contributed by atoms with Crippen LogP contribution in [-0.4, -0.2) is 12.0 Å². The van der Waals surface area contributed by atoms with Gasteiger partial charge in [-0.25, -0.2) is 9.59 Å². The molecule has 1 aliphatic heterocycles. The number of hydrogen-bond acceptors (Lipinski definition) is 4. The van der Waals surface area contributed by atoms with E-state index < -0.39 is 12.0 Å². The first-order valence-corrected chi connectivity index (χ1v) is 10.3. The van der Waals surface area contributed by atoms with Crippen LogP contribution in [0.1, 0.15) is 29.7 Å². The number of rotatable bonds is 6. The average Bonchev–Trinajstić information content (AvgIpc) is 2.78. The molecule has 2 amide bonds. The van der Waals surface area contributed by atoms with Gasteiger partial charge in [0.25, 0.3) is 0 Å². The fourth-order valence-corrected chi connectivity index (χ4v) is 3.56. The van der Waals surface area contributed by atoms with Crippen molar-refractivity contribution in [2.45, 2.75) is 26.5 Å². The van der Waals surface area contributed by atoms with Crippen LogP contribution in [0.5, 0.6) is 11.5 Å². The quantitative estimate of drug-likeness (QED) is 0.532. The molecular formula is C26H24N2O4. The van der Waals surface area contributed by atoms with E-state index in [0.29, 0.717) is 17.0 Å². The van der Waals surface area contributed by atoms with Crippen LogP contribution in [0, 0.1) is 6.92 Å². The molecule has 32 heavy (non-hydrogen) atoms. The average molecular weight is 428 g/mol. The molecule has 3 aromatic carbocycles. The lowest BCUT2D eigenvalue weighted by atomic mass is 9.95. The van der Waals surface area contributed by atoms with Crippen molar-refractivity contribution in [3.8, 4) is 11.5 Å². The van der Waals surface area contributed by atoms with Crippen molar-refractivity contribution in [2.24, 2.45) is 0 Å². The third-order valence-corrected chi connectivity index (χ3v) is 5.14. The van der Waals surface area contributed by atoms with E-state index in [1.54, 1.807) is 6.92 Å². The Hall–Kier alpha value is -4.06. The molecule has 0 aromatic heterocycles. The molecule has 6 nitrogen and oxygen atoms in total. The summed E-state index contributed by atoms with van der Waals surface area (Å²) in [4.78, 5) is 25.0. The molecule has 1 aliphatic rings. The normalized spacial score (nSPS) is 15.6. The first-order valence-electron chi connectivity index (χ1n) is 10.3. The largest absolute Gasteiger partial charge is 0.457 e. The molecule has 1 heterocycles. The number of ether oxygens (including phenoxy) is 2. The van der Waals surface area contributed by atoms with Gasteiger partial charge in [0.15, 0.2) is 0 Å². The third-order valence-electron chi connectivity index (χ3n) is 5.14. The van der Waals surface area contributed by atoms with E-state index in [4.69, 9.17) is 9.47 Å². The van der Waals surface area contributed by atoms with Crippen LogP contribution in [0.3, 0.4) is 0 Å². The van der Waals surface area contributed by atoms with Gasteiger partial charge in [-0.15, -0.1) is 0 Å². The number of esters is 1. The van der Waals surface area contributed by atoms with Crippen LogP contribution in [0.15, 0.2) is 90.1 Å². The maximum atomic E-state index is 12.9. The van der Waals surface area contributed by atoms with E-state index in [0.717, 1.165) is 22.4 Å². The van der Waals surface area contributed by atoms with Gasteiger partial charge in [0, 0.05) is 5.70 Å². The molecule has 6 heteroatoms. The Kier molecular flexibility index (Phi) is 6.22. The van der Waals surface area contributed by atoms with Gasteiger partial charge < -0.3 is 20.1 Å². The lowest BCUT2D eigenvalue weighted by Gasteiger charge is -2.28. The molecule has 0 saturated carbocycles. The van der Waals surface area contributed by atoms with Crippen LogP contribution in [0.2, 0.25) is 0 Å². The summed E-state index contributed by atoms with van der Waals surface area (Å²) in [6, 6.07) is 23.5. The highest BCUT2D eigenvalue weighted by Crippen LogP contribution is 2.30. The van der Waals surface area contributed by atoms with Gasteiger partial charge in [0.1, 0.15) is 18.1 Å². The van der Waals surface area contributed by atoms with Crippen molar-refractivity contribution >= 4 is 12.0 Å². The second-order valence-electron chi connectivity index (χ2n) is 7.62. The Bertz CT molecular complexity index is 1150. The second kappa shape index (κ2) is 9.39. The summed E-state index contributed by atoms with van der Waals surface area (Å²) in [7, 11) is 0. The molecule has 0 spiro atoms. The standard InChI is InChI=1S/C26H24N2O4/c1-17-7-6-10-22(15-17)32-21-13-11-20(12-14-21)24-23(18(2)27-26(30)28-24)25(29)31-16-19-8-4-3-5-9-19/h3-15,24H,16H2,1-2H3,(H2,27,28,30). The Morgan fingerprint density at radius 1 is 0.906 bits per heavy atom. The molecule has 0 radical (unpaired) electrons. The van der Waals surface area contributed by atoms with Gasteiger partial charge in [-0.3, -0.25) is 0 Å². The molecule has 4 rings (SSSR count). The zero-order chi connectivity index (χ0) is 22.5. The minimum absolute atomic E-state index is 0.153. The summed E-state index contributed by atoms with van der Waals surface area (Å²) in [5, 5.41) is 5.48. The van der Waals surface area contributed by atoms with Gasteiger partial charge in [0.05, 0.1) is 11.6 Å². The van der Waals surface area contributed by atoms with Crippen molar-refractivity contribution in [3.63, 3.8) is 0 Å². The number of carbonyl (C=O) groups excluding carboxylic acids is 2. The molecule has 3 aromatic rings. The predicted molar refractivity (Wildman–Crippen MR) is 121 cm³/mol. The number of hydrogen-bond donors (Lipinski definition) is 2. The fourth-order valence-electron chi connectivity index (χ4n) is 3.56. The van der Waals surface area contributed by atoms with Crippen LogP contribution in [0.4, 0.5) is 4.79 Å². The fraction of sp³-hybridized carbons (Fsp3) is 0.154.